The lowest BCUT2D eigenvalue weighted by Crippen LogP contribution is -1.90. The van der Waals surface area contributed by atoms with E-state index in [0.717, 1.165) is 5.92 Å². The number of hydrogen-bond acceptors (Lipinski definition) is 0. The summed E-state index contributed by atoms with van der Waals surface area (Å²) in [6, 6.07) is 10.5. The summed E-state index contributed by atoms with van der Waals surface area (Å²) in [5, 5.41) is 0. The zero-order chi connectivity index (χ0) is 10.2. The van der Waals surface area contributed by atoms with E-state index in [9.17, 15) is 0 Å². The van der Waals surface area contributed by atoms with Gasteiger partial charge in [-0.2, -0.15) is 0 Å². The SMILES string of the molecule is CCCC(C)C/C=C/c1ccccc1. The summed E-state index contributed by atoms with van der Waals surface area (Å²) < 4.78 is 0. The van der Waals surface area contributed by atoms with Gasteiger partial charge < -0.3 is 0 Å². The molecule has 0 aliphatic carbocycles. The van der Waals surface area contributed by atoms with Crippen LogP contribution in [-0.2, 0) is 0 Å². The van der Waals surface area contributed by atoms with Gasteiger partial charge in [-0.05, 0) is 17.9 Å². The number of rotatable bonds is 5. The summed E-state index contributed by atoms with van der Waals surface area (Å²) in [6.07, 6.45) is 8.32. The molecule has 0 aliphatic rings. The molecule has 0 aromatic heterocycles. The van der Waals surface area contributed by atoms with Gasteiger partial charge in [0.2, 0.25) is 0 Å². The number of hydrogen-bond donors (Lipinski definition) is 0. The summed E-state index contributed by atoms with van der Waals surface area (Å²) in [4.78, 5) is 0. The maximum atomic E-state index is 2.32. The van der Waals surface area contributed by atoms with Gasteiger partial charge in [-0.1, -0.05) is 69.2 Å². The predicted molar refractivity (Wildman–Crippen MR) is 64.2 cm³/mol. The molecule has 0 amide bonds. The van der Waals surface area contributed by atoms with Gasteiger partial charge in [0.15, 0.2) is 0 Å². The molecule has 1 unspecified atom stereocenters. The summed E-state index contributed by atoms with van der Waals surface area (Å²) >= 11 is 0. The maximum absolute atomic E-state index is 2.32. The molecule has 0 radical (unpaired) electrons. The first-order chi connectivity index (χ1) is 6.83. The second-order valence-corrected chi connectivity index (χ2v) is 3.94. The standard InChI is InChI=1S/C14H20/c1-3-8-13(2)9-7-12-14-10-5-4-6-11-14/h4-7,10-13H,3,8-9H2,1-2H3/b12-7+. The highest BCUT2D eigenvalue weighted by Crippen LogP contribution is 2.11. The fourth-order valence-electron chi connectivity index (χ4n) is 1.61. The van der Waals surface area contributed by atoms with Crippen molar-refractivity contribution in [2.24, 2.45) is 5.92 Å². The van der Waals surface area contributed by atoms with Crippen LogP contribution in [0.15, 0.2) is 36.4 Å². The van der Waals surface area contributed by atoms with E-state index in [-0.39, 0.29) is 0 Å². The van der Waals surface area contributed by atoms with Crippen molar-refractivity contribution < 1.29 is 0 Å². The molecule has 1 aromatic carbocycles. The normalized spacial score (nSPS) is 13.3. The molecule has 0 N–H and O–H groups in total. The van der Waals surface area contributed by atoms with Gasteiger partial charge in [0, 0.05) is 0 Å². The summed E-state index contributed by atoms with van der Waals surface area (Å²) in [7, 11) is 0. The Bertz CT molecular complexity index is 259. The van der Waals surface area contributed by atoms with Crippen molar-refractivity contribution in [3.05, 3.63) is 42.0 Å². The first-order valence-electron chi connectivity index (χ1n) is 5.54. The van der Waals surface area contributed by atoms with Gasteiger partial charge in [-0.15, -0.1) is 0 Å². The van der Waals surface area contributed by atoms with E-state index in [4.69, 9.17) is 0 Å². The van der Waals surface area contributed by atoms with E-state index in [1.807, 2.05) is 0 Å². The zero-order valence-electron chi connectivity index (χ0n) is 9.24. The minimum absolute atomic E-state index is 0.819. The van der Waals surface area contributed by atoms with E-state index in [1.54, 1.807) is 0 Å². The van der Waals surface area contributed by atoms with Crippen LogP contribution in [0.5, 0.6) is 0 Å². The van der Waals surface area contributed by atoms with E-state index in [2.05, 4.69) is 56.3 Å². The minimum atomic E-state index is 0.819. The Hall–Kier alpha value is -1.04. The van der Waals surface area contributed by atoms with Crippen LogP contribution in [0, 0.1) is 5.92 Å². The monoisotopic (exact) mass is 188 g/mol. The molecular formula is C14H20. The number of benzene rings is 1. The second kappa shape index (κ2) is 6.42. The van der Waals surface area contributed by atoms with Crippen LogP contribution in [0.1, 0.15) is 38.7 Å². The van der Waals surface area contributed by atoms with Gasteiger partial charge in [0.25, 0.3) is 0 Å². The van der Waals surface area contributed by atoms with Crippen LogP contribution in [0.25, 0.3) is 6.08 Å². The van der Waals surface area contributed by atoms with Crippen molar-refractivity contribution in [3.63, 3.8) is 0 Å². The molecule has 0 bridgehead atoms. The topological polar surface area (TPSA) is 0 Å². The fourth-order valence-corrected chi connectivity index (χ4v) is 1.61. The van der Waals surface area contributed by atoms with Crippen LogP contribution in [0.2, 0.25) is 0 Å². The summed E-state index contributed by atoms with van der Waals surface area (Å²) in [5.74, 6) is 0.819. The average Bonchev–Trinajstić information content (AvgIpc) is 2.20. The highest BCUT2D eigenvalue weighted by molar-refractivity contribution is 5.48. The van der Waals surface area contributed by atoms with Crippen LogP contribution in [0.4, 0.5) is 0 Å². The van der Waals surface area contributed by atoms with Gasteiger partial charge >= 0.3 is 0 Å². The third-order valence-corrected chi connectivity index (χ3v) is 2.43. The largest absolute Gasteiger partial charge is 0.0837 e. The molecule has 0 fully saturated rings. The molecule has 0 nitrogen and oxygen atoms in total. The Balaban J connectivity index is 2.34. The highest BCUT2D eigenvalue weighted by atomic mass is 14.0. The minimum Gasteiger partial charge on any atom is -0.0837 e. The van der Waals surface area contributed by atoms with E-state index >= 15 is 0 Å². The Kier molecular flexibility index (Phi) is 5.06. The van der Waals surface area contributed by atoms with Crippen molar-refractivity contribution in [1.29, 1.82) is 0 Å². The zero-order valence-corrected chi connectivity index (χ0v) is 9.24. The first-order valence-corrected chi connectivity index (χ1v) is 5.54. The Morgan fingerprint density at radius 3 is 2.57 bits per heavy atom. The fraction of sp³-hybridized carbons (Fsp3) is 0.429. The number of allylic oxidation sites excluding steroid dienone is 1. The molecular weight excluding hydrogens is 168 g/mol. The molecule has 0 spiro atoms. The Morgan fingerprint density at radius 2 is 1.93 bits per heavy atom. The quantitative estimate of drug-likeness (QED) is 0.637. The van der Waals surface area contributed by atoms with E-state index in [0.29, 0.717) is 0 Å². The molecule has 76 valence electrons. The van der Waals surface area contributed by atoms with E-state index in [1.165, 1.54) is 24.8 Å². The van der Waals surface area contributed by atoms with E-state index < -0.39 is 0 Å². The molecule has 1 atom stereocenters. The van der Waals surface area contributed by atoms with Crippen molar-refractivity contribution in [1.82, 2.24) is 0 Å². The smallest absolute Gasteiger partial charge is 0.0260 e. The molecule has 1 rings (SSSR count). The first kappa shape index (κ1) is 11.0. The molecule has 0 saturated heterocycles. The van der Waals surface area contributed by atoms with Gasteiger partial charge in [-0.25, -0.2) is 0 Å². The third-order valence-electron chi connectivity index (χ3n) is 2.43. The maximum Gasteiger partial charge on any atom is -0.0260 e. The molecule has 0 saturated carbocycles. The van der Waals surface area contributed by atoms with Crippen LogP contribution in [0.3, 0.4) is 0 Å². The van der Waals surface area contributed by atoms with Crippen molar-refractivity contribution >= 4 is 6.08 Å². The predicted octanol–water partition coefficient (Wildman–Crippen LogP) is 4.53. The van der Waals surface area contributed by atoms with Crippen molar-refractivity contribution in [3.8, 4) is 0 Å². The van der Waals surface area contributed by atoms with Gasteiger partial charge in [0.1, 0.15) is 0 Å². The summed E-state index contributed by atoms with van der Waals surface area (Å²) in [5.41, 5.74) is 1.30. The lowest BCUT2D eigenvalue weighted by Gasteiger charge is -2.04. The van der Waals surface area contributed by atoms with Crippen LogP contribution in [-0.4, -0.2) is 0 Å². The lowest BCUT2D eigenvalue weighted by molar-refractivity contribution is 0.533. The molecule has 1 aromatic rings. The van der Waals surface area contributed by atoms with Gasteiger partial charge in [-0.3, -0.25) is 0 Å². The molecule has 0 heteroatoms. The summed E-state index contributed by atoms with van der Waals surface area (Å²) in [6.45, 7) is 4.57. The van der Waals surface area contributed by atoms with Crippen LogP contribution < -0.4 is 0 Å². The average molecular weight is 188 g/mol. The van der Waals surface area contributed by atoms with Gasteiger partial charge in [0.05, 0.1) is 0 Å². The highest BCUT2D eigenvalue weighted by Gasteiger charge is 1.95. The molecule has 14 heavy (non-hydrogen) atoms. The van der Waals surface area contributed by atoms with Crippen molar-refractivity contribution in [2.45, 2.75) is 33.1 Å². The van der Waals surface area contributed by atoms with Crippen LogP contribution >= 0.6 is 0 Å². The Labute approximate surface area is 87.7 Å². The molecule has 0 heterocycles. The molecule has 0 aliphatic heterocycles. The second-order valence-electron chi connectivity index (χ2n) is 3.94. The third kappa shape index (κ3) is 4.27. The Morgan fingerprint density at radius 1 is 1.21 bits per heavy atom. The lowest BCUT2D eigenvalue weighted by atomic mass is 10.0. The van der Waals surface area contributed by atoms with Crippen molar-refractivity contribution in [2.75, 3.05) is 0 Å².